The quantitative estimate of drug-likeness (QED) is 0.341. The molecular weight excluding hydrogens is 529 g/mol. The lowest BCUT2D eigenvalue weighted by molar-refractivity contribution is -0.164. The van der Waals surface area contributed by atoms with E-state index >= 15 is 0 Å². The molecule has 176 valence electrons. The standard InChI is InChI=1S/C20H18BrF3N4O4S/c21-10-3-15(27-5-9(10)4-25)33-20-19(31)17(18(30)14(7-29)32-20)28-6-13(26)8-1-11(22)16(24)12(23)2-8/h1-3,5-6,14,17-20,28-31H,7,26H2/b13-6-. The van der Waals surface area contributed by atoms with Crippen LogP contribution in [0.25, 0.3) is 5.70 Å². The largest absolute Gasteiger partial charge is 0.397 e. The zero-order valence-corrected chi connectivity index (χ0v) is 19.0. The number of halogens is 4. The predicted molar refractivity (Wildman–Crippen MR) is 116 cm³/mol. The van der Waals surface area contributed by atoms with Gasteiger partial charge in [0.1, 0.15) is 29.8 Å². The molecule has 0 aliphatic carbocycles. The molecule has 1 aliphatic heterocycles. The minimum Gasteiger partial charge on any atom is -0.397 e. The van der Waals surface area contributed by atoms with Crippen molar-refractivity contribution in [2.75, 3.05) is 6.61 Å². The predicted octanol–water partition coefficient (Wildman–Crippen LogP) is 1.58. The summed E-state index contributed by atoms with van der Waals surface area (Å²) in [6, 6.07) is 3.80. The summed E-state index contributed by atoms with van der Waals surface area (Å²) in [5.41, 5.74) is 4.77. The summed E-state index contributed by atoms with van der Waals surface area (Å²) in [7, 11) is 0. The van der Waals surface area contributed by atoms with Crippen molar-refractivity contribution in [2.24, 2.45) is 5.73 Å². The summed E-state index contributed by atoms with van der Waals surface area (Å²) >= 11 is 4.23. The first-order valence-electron chi connectivity index (χ1n) is 9.37. The molecule has 3 rings (SSSR count). The fraction of sp³-hybridized carbons (Fsp3) is 0.300. The second kappa shape index (κ2) is 10.7. The summed E-state index contributed by atoms with van der Waals surface area (Å²) in [5, 5.41) is 42.9. The molecule has 8 nitrogen and oxygen atoms in total. The Morgan fingerprint density at radius 2 is 1.94 bits per heavy atom. The maximum atomic E-state index is 13.5. The third-order valence-electron chi connectivity index (χ3n) is 4.82. The summed E-state index contributed by atoms with van der Waals surface area (Å²) in [4.78, 5) is 4.11. The van der Waals surface area contributed by atoms with E-state index in [1.54, 1.807) is 6.07 Å². The van der Waals surface area contributed by atoms with Crippen molar-refractivity contribution in [2.45, 2.75) is 34.8 Å². The molecule has 13 heteroatoms. The molecule has 2 aromatic rings. The van der Waals surface area contributed by atoms with Crippen LogP contribution in [0.2, 0.25) is 0 Å². The lowest BCUT2D eigenvalue weighted by atomic mass is 9.97. The molecule has 33 heavy (non-hydrogen) atoms. The van der Waals surface area contributed by atoms with E-state index in [4.69, 9.17) is 15.7 Å². The normalized spacial score (nSPS) is 25.5. The molecule has 0 bridgehead atoms. The number of ether oxygens (including phenoxy) is 1. The lowest BCUT2D eigenvalue weighted by Crippen LogP contribution is -2.62. The number of aliphatic hydroxyl groups is 3. The van der Waals surface area contributed by atoms with E-state index in [0.29, 0.717) is 27.2 Å². The Labute approximate surface area is 199 Å². The molecule has 1 aromatic carbocycles. The molecule has 0 amide bonds. The topological polar surface area (TPSA) is 145 Å². The first kappa shape index (κ1) is 25.3. The second-order valence-electron chi connectivity index (χ2n) is 6.98. The van der Waals surface area contributed by atoms with Crippen molar-refractivity contribution >= 4 is 33.4 Å². The molecule has 0 radical (unpaired) electrons. The van der Waals surface area contributed by atoms with E-state index in [2.05, 4.69) is 26.2 Å². The van der Waals surface area contributed by atoms with Crippen molar-refractivity contribution < 1.29 is 33.2 Å². The molecular formula is C20H18BrF3N4O4S. The van der Waals surface area contributed by atoms with Crippen LogP contribution in [0.1, 0.15) is 11.1 Å². The highest BCUT2D eigenvalue weighted by molar-refractivity contribution is 9.10. The molecule has 6 N–H and O–H groups in total. The number of thioether (sulfide) groups is 1. The van der Waals surface area contributed by atoms with Gasteiger partial charge in [0.15, 0.2) is 17.5 Å². The summed E-state index contributed by atoms with van der Waals surface area (Å²) < 4.78 is 46.2. The van der Waals surface area contributed by atoms with Gasteiger partial charge in [-0.1, -0.05) is 11.8 Å². The molecule has 0 spiro atoms. The Bertz CT molecular complexity index is 1080. The number of benzene rings is 1. The SMILES string of the molecule is N#Cc1cnc(SC2OC(CO)C(O)C(N/C=C(\N)c3cc(F)c(F)c(F)c3)C2O)cc1Br. The Morgan fingerprint density at radius 1 is 1.27 bits per heavy atom. The highest BCUT2D eigenvalue weighted by Crippen LogP contribution is 2.34. The average molecular weight is 547 g/mol. The number of aromatic nitrogens is 1. The summed E-state index contributed by atoms with van der Waals surface area (Å²) in [5.74, 6) is -4.49. The number of hydrogen-bond donors (Lipinski definition) is 5. The Kier molecular flexibility index (Phi) is 8.22. The summed E-state index contributed by atoms with van der Waals surface area (Å²) in [6.45, 7) is -0.568. The third kappa shape index (κ3) is 5.60. The van der Waals surface area contributed by atoms with Gasteiger partial charge in [-0.3, -0.25) is 0 Å². The van der Waals surface area contributed by atoms with E-state index in [0.717, 1.165) is 18.0 Å². The first-order chi connectivity index (χ1) is 15.7. The Balaban J connectivity index is 1.80. The van der Waals surface area contributed by atoms with Gasteiger partial charge in [-0.25, -0.2) is 18.2 Å². The number of nitrogens with one attached hydrogen (secondary N) is 1. The van der Waals surface area contributed by atoms with Crippen molar-refractivity contribution in [1.82, 2.24) is 10.3 Å². The number of nitrogens with two attached hydrogens (primary N) is 1. The van der Waals surface area contributed by atoms with Crippen LogP contribution in [-0.2, 0) is 4.74 Å². The van der Waals surface area contributed by atoms with Crippen LogP contribution < -0.4 is 11.1 Å². The van der Waals surface area contributed by atoms with Crippen molar-refractivity contribution in [3.63, 3.8) is 0 Å². The van der Waals surface area contributed by atoms with E-state index in [1.807, 2.05) is 6.07 Å². The van der Waals surface area contributed by atoms with Gasteiger partial charge in [-0.05, 0) is 34.1 Å². The van der Waals surface area contributed by atoms with Gasteiger partial charge < -0.3 is 31.1 Å². The molecule has 1 aromatic heterocycles. The van der Waals surface area contributed by atoms with E-state index in [1.165, 1.54) is 6.20 Å². The fourth-order valence-electron chi connectivity index (χ4n) is 3.05. The van der Waals surface area contributed by atoms with Gasteiger partial charge in [0.2, 0.25) is 0 Å². The van der Waals surface area contributed by atoms with Gasteiger partial charge in [-0.15, -0.1) is 0 Å². The molecule has 2 heterocycles. The van der Waals surface area contributed by atoms with Crippen LogP contribution in [0.15, 0.2) is 40.1 Å². The second-order valence-corrected chi connectivity index (χ2v) is 8.96. The number of rotatable bonds is 6. The van der Waals surface area contributed by atoms with E-state index in [-0.39, 0.29) is 11.3 Å². The van der Waals surface area contributed by atoms with Crippen LogP contribution in [0.3, 0.4) is 0 Å². The minimum atomic E-state index is -1.64. The molecule has 1 aliphatic rings. The van der Waals surface area contributed by atoms with Gasteiger partial charge in [-0.2, -0.15) is 5.26 Å². The molecule has 5 atom stereocenters. The molecule has 5 unspecified atom stereocenters. The number of aliphatic hydroxyl groups excluding tert-OH is 3. The zero-order valence-electron chi connectivity index (χ0n) is 16.6. The highest BCUT2D eigenvalue weighted by atomic mass is 79.9. The van der Waals surface area contributed by atoms with Crippen LogP contribution in [-0.4, -0.2) is 56.7 Å². The minimum absolute atomic E-state index is 0.161. The van der Waals surface area contributed by atoms with Crippen LogP contribution >= 0.6 is 27.7 Å². The third-order valence-corrected chi connectivity index (χ3v) is 6.56. The fourth-order valence-corrected chi connectivity index (χ4v) is 4.66. The number of pyridine rings is 1. The number of hydrogen-bond acceptors (Lipinski definition) is 9. The maximum Gasteiger partial charge on any atom is 0.194 e. The molecule has 0 saturated carbocycles. The average Bonchev–Trinajstić information content (AvgIpc) is 2.78. The van der Waals surface area contributed by atoms with Crippen molar-refractivity contribution in [3.8, 4) is 6.07 Å². The van der Waals surface area contributed by atoms with Crippen molar-refractivity contribution in [1.29, 1.82) is 5.26 Å². The highest BCUT2D eigenvalue weighted by Gasteiger charge is 2.44. The van der Waals surface area contributed by atoms with Gasteiger partial charge in [0, 0.05) is 22.4 Å². The van der Waals surface area contributed by atoms with Gasteiger partial charge >= 0.3 is 0 Å². The van der Waals surface area contributed by atoms with E-state index in [9.17, 15) is 28.5 Å². The van der Waals surface area contributed by atoms with Crippen LogP contribution in [0, 0.1) is 28.8 Å². The number of nitriles is 1. The molecule has 1 saturated heterocycles. The monoisotopic (exact) mass is 546 g/mol. The van der Waals surface area contributed by atoms with Crippen molar-refractivity contribution in [3.05, 3.63) is 63.6 Å². The Morgan fingerprint density at radius 3 is 2.52 bits per heavy atom. The maximum absolute atomic E-state index is 13.5. The first-order valence-corrected chi connectivity index (χ1v) is 11.0. The number of nitrogens with zero attached hydrogens (tertiary/aromatic N) is 2. The van der Waals surface area contributed by atoms with E-state index < -0.39 is 53.8 Å². The zero-order chi connectivity index (χ0) is 24.3. The smallest absolute Gasteiger partial charge is 0.194 e. The Hall–Kier alpha value is -2.34. The van der Waals surface area contributed by atoms with Crippen LogP contribution in [0.5, 0.6) is 0 Å². The van der Waals surface area contributed by atoms with Gasteiger partial charge in [0.25, 0.3) is 0 Å². The molecule has 1 fully saturated rings. The summed E-state index contributed by atoms with van der Waals surface area (Å²) in [6.07, 6.45) is -1.38. The lowest BCUT2D eigenvalue weighted by Gasteiger charge is -2.42. The van der Waals surface area contributed by atoms with Crippen LogP contribution in [0.4, 0.5) is 13.2 Å². The van der Waals surface area contributed by atoms with Gasteiger partial charge in [0.05, 0.1) is 28.9 Å².